The Hall–Kier alpha value is -2.96. The number of carbonyl (C=O) groups is 2. The van der Waals surface area contributed by atoms with E-state index in [2.05, 4.69) is 34.4 Å². The molecule has 1 aromatic heterocycles. The highest BCUT2D eigenvalue weighted by atomic mass is 16.2. The van der Waals surface area contributed by atoms with Gasteiger partial charge in [-0.1, -0.05) is 13.8 Å². The molecule has 136 valence electrons. The van der Waals surface area contributed by atoms with E-state index in [1.807, 2.05) is 0 Å². The molecular formula is C19H23N5O2. The highest BCUT2D eigenvalue weighted by molar-refractivity contribution is 6.00. The van der Waals surface area contributed by atoms with Gasteiger partial charge in [-0.15, -0.1) is 0 Å². The molecule has 7 nitrogen and oxygen atoms in total. The zero-order chi connectivity index (χ0) is 18.7. The number of nitrogens with one attached hydrogen (secondary N) is 2. The summed E-state index contributed by atoms with van der Waals surface area (Å²) in [6.45, 7) is 4.15. The molecule has 0 aliphatic carbocycles. The van der Waals surface area contributed by atoms with E-state index in [9.17, 15) is 9.59 Å². The van der Waals surface area contributed by atoms with Crippen molar-refractivity contribution in [3.63, 3.8) is 0 Å². The van der Waals surface area contributed by atoms with Crippen LogP contribution in [0.1, 0.15) is 42.6 Å². The average molecular weight is 353 g/mol. The van der Waals surface area contributed by atoms with Gasteiger partial charge in [-0.3, -0.25) is 14.5 Å². The van der Waals surface area contributed by atoms with Gasteiger partial charge in [-0.05, 0) is 37.1 Å². The van der Waals surface area contributed by atoms with Crippen molar-refractivity contribution in [2.24, 2.45) is 0 Å². The SMILES string of the molecule is CCC(CC)N1C(=O)Cc2cnc(Nc3ccc(C(=O)NC)cc3)nc21. The second-order valence-corrected chi connectivity index (χ2v) is 6.23. The molecule has 0 unspecified atom stereocenters. The summed E-state index contributed by atoms with van der Waals surface area (Å²) in [7, 11) is 1.60. The first-order chi connectivity index (χ1) is 12.6. The van der Waals surface area contributed by atoms with Crippen LogP contribution in [0.3, 0.4) is 0 Å². The molecule has 3 rings (SSSR count). The number of fused-ring (bicyclic) bond motifs is 1. The van der Waals surface area contributed by atoms with Crippen LogP contribution in [0.2, 0.25) is 0 Å². The third kappa shape index (κ3) is 3.37. The average Bonchev–Trinajstić information content (AvgIpc) is 2.98. The lowest BCUT2D eigenvalue weighted by Gasteiger charge is -2.25. The lowest BCUT2D eigenvalue weighted by molar-refractivity contribution is -0.117. The van der Waals surface area contributed by atoms with Gasteiger partial charge in [0.1, 0.15) is 5.82 Å². The number of benzene rings is 1. The summed E-state index contributed by atoms with van der Waals surface area (Å²) in [4.78, 5) is 34.7. The van der Waals surface area contributed by atoms with Crippen LogP contribution >= 0.6 is 0 Å². The lowest BCUT2D eigenvalue weighted by atomic mass is 10.1. The summed E-state index contributed by atoms with van der Waals surface area (Å²) < 4.78 is 0. The molecule has 2 N–H and O–H groups in total. The normalized spacial score (nSPS) is 13.1. The fraction of sp³-hybridized carbons (Fsp3) is 0.368. The largest absolute Gasteiger partial charge is 0.355 e. The van der Waals surface area contributed by atoms with E-state index in [0.29, 0.717) is 23.8 Å². The van der Waals surface area contributed by atoms with Gasteiger partial charge in [0, 0.05) is 36.1 Å². The minimum Gasteiger partial charge on any atom is -0.355 e. The van der Waals surface area contributed by atoms with Crippen LogP contribution in [0.25, 0.3) is 0 Å². The molecule has 0 fully saturated rings. The predicted octanol–water partition coefficient (Wildman–Crippen LogP) is 2.66. The van der Waals surface area contributed by atoms with Crippen LogP contribution in [0.15, 0.2) is 30.5 Å². The zero-order valence-electron chi connectivity index (χ0n) is 15.2. The molecule has 1 aliphatic heterocycles. The lowest BCUT2D eigenvalue weighted by Crippen LogP contribution is -2.37. The molecule has 0 radical (unpaired) electrons. The Morgan fingerprint density at radius 2 is 1.92 bits per heavy atom. The molecule has 0 atom stereocenters. The number of amides is 2. The third-order valence-corrected chi connectivity index (χ3v) is 4.62. The summed E-state index contributed by atoms with van der Waals surface area (Å²) in [5.41, 5.74) is 2.22. The Kier molecular flexibility index (Phi) is 5.16. The maximum atomic E-state index is 12.4. The van der Waals surface area contributed by atoms with Gasteiger partial charge in [-0.25, -0.2) is 4.98 Å². The van der Waals surface area contributed by atoms with E-state index in [1.54, 1.807) is 42.4 Å². The molecular weight excluding hydrogens is 330 g/mol. The molecule has 1 aliphatic rings. The Balaban J connectivity index is 1.83. The molecule has 1 aromatic carbocycles. The summed E-state index contributed by atoms with van der Waals surface area (Å²) in [5, 5.41) is 5.72. The summed E-state index contributed by atoms with van der Waals surface area (Å²) >= 11 is 0. The minimum atomic E-state index is -0.135. The van der Waals surface area contributed by atoms with Gasteiger partial charge in [0.2, 0.25) is 11.9 Å². The number of aromatic nitrogens is 2. The first kappa shape index (κ1) is 17.8. The van der Waals surface area contributed by atoms with Gasteiger partial charge < -0.3 is 10.6 Å². The van der Waals surface area contributed by atoms with E-state index in [4.69, 9.17) is 0 Å². The Morgan fingerprint density at radius 1 is 1.23 bits per heavy atom. The molecule has 0 saturated heterocycles. The molecule has 0 spiro atoms. The maximum Gasteiger partial charge on any atom is 0.251 e. The fourth-order valence-electron chi connectivity index (χ4n) is 3.17. The first-order valence-electron chi connectivity index (χ1n) is 8.84. The molecule has 7 heteroatoms. The predicted molar refractivity (Wildman–Crippen MR) is 101 cm³/mol. The van der Waals surface area contributed by atoms with Gasteiger partial charge in [-0.2, -0.15) is 4.98 Å². The van der Waals surface area contributed by atoms with Crippen molar-refractivity contribution in [1.82, 2.24) is 15.3 Å². The van der Waals surface area contributed by atoms with Crippen LogP contribution in [0.4, 0.5) is 17.5 Å². The highest BCUT2D eigenvalue weighted by Gasteiger charge is 2.33. The van der Waals surface area contributed by atoms with Crippen molar-refractivity contribution in [3.05, 3.63) is 41.6 Å². The van der Waals surface area contributed by atoms with Crippen LogP contribution in [-0.2, 0) is 11.2 Å². The Bertz CT molecular complexity index is 815. The van der Waals surface area contributed by atoms with Gasteiger partial charge in [0.15, 0.2) is 0 Å². The molecule has 2 heterocycles. The van der Waals surface area contributed by atoms with Crippen molar-refractivity contribution in [2.75, 3.05) is 17.3 Å². The number of hydrogen-bond acceptors (Lipinski definition) is 5. The molecule has 0 saturated carbocycles. The standard InChI is InChI=1S/C19H23N5O2/c1-4-15(5-2)24-16(25)10-13-11-21-19(23-17(13)24)22-14-8-6-12(7-9-14)18(26)20-3/h6-9,11,15H,4-5,10H2,1-3H3,(H,20,26)(H,21,22,23). The van der Waals surface area contributed by atoms with Crippen molar-refractivity contribution < 1.29 is 9.59 Å². The molecule has 26 heavy (non-hydrogen) atoms. The minimum absolute atomic E-state index is 0.0788. The van der Waals surface area contributed by atoms with E-state index in [1.165, 1.54) is 0 Å². The van der Waals surface area contributed by atoms with E-state index in [0.717, 1.165) is 24.1 Å². The summed E-state index contributed by atoms with van der Waals surface area (Å²) in [5.74, 6) is 1.07. The van der Waals surface area contributed by atoms with Gasteiger partial charge in [0.25, 0.3) is 5.91 Å². The number of rotatable bonds is 6. The monoisotopic (exact) mass is 353 g/mol. The van der Waals surface area contributed by atoms with Crippen molar-refractivity contribution in [3.8, 4) is 0 Å². The van der Waals surface area contributed by atoms with E-state index in [-0.39, 0.29) is 17.9 Å². The van der Waals surface area contributed by atoms with E-state index >= 15 is 0 Å². The van der Waals surface area contributed by atoms with Crippen molar-refractivity contribution in [2.45, 2.75) is 39.2 Å². The third-order valence-electron chi connectivity index (χ3n) is 4.62. The molecule has 2 aromatic rings. The quantitative estimate of drug-likeness (QED) is 0.834. The smallest absolute Gasteiger partial charge is 0.251 e. The number of carbonyl (C=O) groups excluding carboxylic acids is 2. The van der Waals surface area contributed by atoms with Gasteiger partial charge >= 0.3 is 0 Å². The van der Waals surface area contributed by atoms with Gasteiger partial charge in [0.05, 0.1) is 6.42 Å². The second-order valence-electron chi connectivity index (χ2n) is 6.23. The topological polar surface area (TPSA) is 87.2 Å². The summed E-state index contributed by atoms with van der Waals surface area (Å²) in [6.07, 6.45) is 3.83. The van der Waals surface area contributed by atoms with Crippen LogP contribution in [0, 0.1) is 0 Å². The summed E-state index contributed by atoms with van der Waals surface area (Å²) in [6, 6.07) is 7.21. The maximum absolute atomic E-state index is 12.4. The molecule has 0 bridgehead atoms. The fourth-order valence-corrected chi connectivity index (χ4v) is 3.17. The first-order valence-corrected chi connectivity index (χ1v) is 8.84. The van der Waals surface area contributed by atoms with Crippen molar-refractivity contribution >= 4 is 29.3 Å². The van der Waals surface area contributed by atoms with Crippen LogP contribution in [-0.4, -0.2) is 34.9 Å². The Morgan fingerprint density at radius 3 is 2.54 bits per heavy atom. The number of nitrogens with zero attached hydrogens (tertiary/aromatic N) is 3. The Labute approximate surface area is 152 Å². The van der Waals surface area contributed by atoms with E-state index < -0.39 is 0 Å². The van der Waals surface area contributed by atoms with Crippen LogP contribution < -0.4 is 15.5 Å². The zero-order valence-corrected chi connectivity index (χ0v) is 15.2. The second kappa shape index (κ2) is 7.51. The number of anilines is 3. The van der Waals surface area contributed by atoms with Crippen LogP contribution in [0.5, 0.6) is 0 Å². The number of hydrogen-bond donors (Lipinski definition) is 2. The molecule has 2 amide bonds. The highest BCUT2D eigenvalue weighted by Crippen LogP contribution is 2.31. The van der Waals surface area contributed by atoms with Crippen molar-refractivity contribution in [1.29, 1.82) is 0 Å².